The predicted octanol–water partition coefficient (Wildman–Crippen LogP) is 4.83. The Morgan fingerprint density at radius 2 is 1.74 bits per heavy atom. The average molecular weight is 340 g/mol. The molecule has 0 bridgehead atoms. The summed E-state index contributed by atoms with van der Waals surface area (Å²) in [6, 6.07) is 9.18. The first-order valence-electron chi connectivity index (χ1n) is 8.31. The van der Waals surface area contributed by atoms with Crippen molar-refractivity contribution in [2.45, 2.75) is 57.9 Å². The van der Waals surface area contributed by atoms with Crippen LogP contribution in [0.25, 0.3) is 0 Å². The van der Waals surface area contributed by atoms with Gasteiger partial charge in [0.15, 0.2) is 0 Å². The molecule has 1 unspecified atom stereocenters. The van der Waals surface area contributed by atoms with Crippen LogP contribution in [0.3, 0.4) is 0 Å². The number of carbonyl (C=O) groups is 1. The fourth-order valence-corrected chi connectivity index (χ4v) is 3.66. The first-order chi connectivity index (χ1) is 10.7. The number of carboxylic acids is 1. The van der Waals surface area contributed by atoms with Crippen molar-refractivity contribution in [2.75, 3.05) is 14.1 Å². The van der Waals surface area contributed by atoms with Gasteiger partial charge in [0.1, 0.15) is 0 Å². The van der Waals surface area contributed by atoms with Crippen molar-refractivity contribution >= 4 is 17.6 Å². The van der Waals surface area contributed by atoms with E-state index in [1.807, 2.05) is 12.1 Å². The molecule has 1 saturated carbocycles. The molecule has 0 radical (unpaired) electrons. The van der Waals surface area contributed by atoms with E-state index in [2.05, 4.69) is 45.0 Å². The van der Waals surface area contributed by atoms with E-state index in [0.717, 1.165) is 17.9 Å². The highest BCUT2D eigenvalue weighted by atomic mass is 35.5. The molecular formula is C19H30ClNO2. The van der Waals surface area contributed by atoms with Crippen molar-refractivity contribution in [1.29, 1.82) is 0 Å². The first-order valence-corrected chi connectivity index (χ1v) is 8.69. The second-order valence-electron chi connectivity index (χ2n) is 7.14. The summed E-state index contributed by atoms with van der Waals surface area (Å²) in [5.74, 6) is -0.0998. The van der Waals surface area contributed by atoms with Crippen LogP contribution in [0.2, 0.25) is 5.02 Å². The summed E-state index contributed by atoms with van der Waals surface area (Å²) >= 11 is 6.04. The third-order valence-electron chi connectivity index (χ3n) is 4.62. The molecule has 0 spiro atoms. The maximum atomic E-state index is 9.00. The second-order valence-corrected chi connectivity index (χ2v) is 7.58. The summed E-state index contributed by atoms with van der Waals surface area (Å²) in [6.45, 7) is 5.73. The Kier molecular flexibility index (Phi) is 7.56. The molecule has 3 nitrogen and oxygen atoms in total. The minimum absolute atomic E-state index is 0.346. The molecule has 1 aliphatic carbocycles. The lowest BCUT2D eigenvalue weighted by Crippen LogP contribution is -2.52. The molecule has 0 aromatic heterocycles. The number of carboxylic acid groups (broad SMARTS) is 1. The third kappa shape index (κ3) is 5.50. The van der Waals surface area contributed by atoms with Crippen LogP contribution in [-0.4, -0.2) is 36.1 Å². The van der Waals surface area contributed by atoms with Crippen LogP contribution in [0.5, 0.6) is 0 Å². The number of benzene rings is 1. The normalized spacial score (nSPS) is 17.2. The molecule has 1 aliphatic rings. The van der Waals surface area contributed by atoms with Crippen LogP contribution >= 0.6 is 11.6 Å². The van der Waals surface area contributed by atoms with Crippen LogP contribution in [0.15, 0.2) is 24.3 Å². The predicted molar refractivity (Wildman–Crippen MR) is 97.2 cm³/mol. The fourth-order valence-electron chi connectivity index (χ4n) is 3.53. The first kappa shape index (κ1) is 20.0. The third-order valence-corrected chi connectivity index (χ3v) is 4.87. The summed E-state index contributed by atoms with van der Waals surface area (Å²) in [6.07, 6.45) is 5.23. The molecular weight excluding hydrogens is 310 g/mol. The van der Waals surface area contributed by atoms with Gasteiger partial charge in [-0.25, -0.2) is 0 Å². The van der Waals surface area contributed by atoms with Gasteiger partial charge in [-0.3, -0.25) is 4.79 Å². The molecule has 23 heavy (non-hydrogen) atoms. The van der Waals surface area contributed by atoms with Gasteiger partial charge in [-0.05, 0) is 57.0 Å². The summed E-state index contributed by atoms with van der Waals surface area (Å²) in [4.78, 5) is 11.4. The smallest absolute Gasteiger partial charge is 0.300 e. The molecule has 1 N–H and O–H groups in total. The zero-order valence-corrected chi connectivity index (χ0v) is 15.7. The minimum Gasteiger partial charge on any atom is -0.481 e. The lowest BCUT2D eigenvalue weighted by molar-refractivity contribution is -0.134. The van der Waals surface area contributed by atoms with E-state index in [-0.39, 0.29) is 0 Å². The highest BCUT2D eigenvalue weighted by Crippen LogP contribution is 2.49. The Morgan fingerprint density at radius 1 is 1.26 bits per heavy atom. The standard InChI is InChI=1S/C17H26ClN.C2H4O2/c1-13(2)12-16(19(3)4)17(10-5-11-17)14-6-8-15(18)9-7-14;1-2(3)4/h6-9,13,16H,5,10-12H2,1-4H3;1H3,(H,3,4). The monoisotopic (exact) mass is 339 g/mol. The lowest BCUT2D eigenvalue weighted by atomic mass is 9.58. The van der Waals surface area contributed by atoms with Crippen LogP contribution in [0, 0.1) is 5.92 Å². The van der Waals surface area contributed by atoms with Gasteiger partial charge in [-0.15, -0.1) is 0 Å². The molecule has 1 aromatic rings. The number of nitrogens with zero attached hydrogens (tertiary/aromatic N) is 1. The van der Waals surface area contributed by atoms with Crippen LogP contribution in [-0.2, 0) is 10.2 Å². The molecule has 2 rings (SSSR count). The molecule has 1 aromatic carbocycles. The van der Waals surface area contributed by atoms with Crippen molar-refractivity contribution in [3.63, 3.8) is 0 Å². The van der Waals surface area contributed by atoms with Gasteiger partial charge in [0.25, 0.3) is 5.97 Å². The van der Waals surface area contributed by atoms with E-state index in [1.165, 1.54) is 31.2 Å². The van der Waals surface area contributed by atoms with E-state index >= 15 is 0 Å². The maximum absolute atomic E-state index is 9.00. The number of halogens is 1. The molecule has 130 valence electrons. The topological polar surface area (TPSA) is 40.5 Å². The minimum atomic E-state index is -0.833. The van der Waals surface area contributed by atoms with E-state index in [0.29, 0.717) is 11.5 Å². The average Bonchev–Trinajstić information content (AvgIpc) is 2.37. The van der Waals surface area contributed by atoms with Gasteiger partial charge in [-0.1, -0.05) is 44.0 Å². The van der Waals surface area contributed by atoms with Crippen LogP contribution in [0.1, 0.15) is 52.0 Å². The Hall–Kier alpha value is -1.06. The van der Waals surface area contributed by atoms with Gasteiger partial charge in [0.05, 0.1) is 0 Å². The SMILES string of the molecule is CC(=O)O.CC(C)CC(N(C)C)C1(c2ccc(Cl)cc2)CCC1. The van der Waals surface area contributed by atoms with Crippen molar-refractivity contribution < 1.29 is 9.90 Å². The lowest BCUT2D eigenvalue weighted by Gasteiger charge is -2.51. The Labute approximate surface area is 145 Å². The Balaban J connectivity index is 0.000000593. The highest BCUT2D eigenvalue weighted by Gasteiger charge is 2.46. The second kappa shape index (κ2) is 8.70. The van der Waals surface area contributed by atoms with E-state index in [1.54, 1.807) is 0 Å². The summed E-state index contributed by atoms with van der Waals surface area (Å²) in [7, 11) is 4.45. The Bertz CT molecular complexity index is 489. The van der Waals surface area contributed by atoms with Gasteiger partial charge in [0.2, 0.25) is 0 Å². The number of hydrogen-bond acceptors (Lipinski definition) is 2. The molecule has 0 heterocycles. The molecule has 1 fully saturated rings. The number of likely N-dealkylation sites (N-methyl/N-ethyl adjacent to an activating group) is 1. The number of aliphatic carboxylic acids is 1. The molecule has 0 saturated heterocycles. The van der Waals surface area contributed by atoms with Crippen molar-refractivity contribution in [3.05, 3.63) is 34.9 Å². The van der Waals surface area contributed by atoms with E-state index < -0.39 is 5.97 Å². The largest absolute Gasteiger partial charge is 0.481 e. The van der Waals surface area contributed by atoms with Crippen LogP contribution in [0.4, 0.5) is 0 Å². The molecule has 1 atom stereocenters. The van der Waals surface area contributed by atoms with E-state index in [9.17, 15) is 0 Å². The summed E-state index contributed by atoms with van der Waals surface area (Å²) in [5, 5.41) is 8.25. The number of hydrogen-bond donors (Lipinski definition) is 1. The zero-order chi connectivity index (χ0) is 17.6. The summed E-state index contributed by atoms with van der Waals surface area (Å²) < 4.78 is 0. The molecule has 4 heteroatoms. The van der Waals surface area contributed by atoms with Crippen LogP contribution < -0.4 is 0 Å². The maximum Gasteiger partial charge on any atom is 0.300 e. The number of rotatable bonds is 5. The van der Waals surface area contributed by atoms with Crippen molar-refractivity contribution in [1.82, 2.24) is 4.90 Å². The molecule has 0 aliphatic heterocycles. The summed E-state index contributed by atoms with van der Waals surface area (Å²) in [5.41, 5.74) is 1.82. The quantitative estimate of drug-likeness (QED) is 0.835. The zero-order valence-electron chi connectivity index (χ0n) is 15.0. The highest BCUT2D eigenvalue weighted by molar-refractivity contribution is 6.30. The van der Waals surface area contributed by atoms with Crippen molar-refractivity contribution in [3.8, 4) is 0 Å². The van der Waals surface area contributed by atoms with Crippen molar-refractivity contribution in [2.24, 2.45) is 5.92 Å². The van der Waals surface area contributed by atoms with Gasteiger partial charge >= 0.3 is 0 Å². The van der Waals surface area contributed by atoms with Gasteiger partial charge in [0, 0.05) is 23.4 Å². The van der Waals surface area contributed by atoms with Gasteiger partial charge < -0.3 is 10.0 Å². The fraction of sp³-hybridized carbons (Fsp3) is 0.632. The van der Waals surface area contributed by atoms with E-state index in [4.69, 9.17) is 21.5 Å². The Morgan fingerprint density at radius 3 is 2.04 bits per heavy atom. The van der Waals surface area contributed by atoms with Gasteiger partial charge in [-0.2, -0.15) is 0 Å². The molecule has 0 amide bonds.